The minimum absolute atomic E-state index is 1.01. The highest BCUT2D eigenvalue weighted by Gasteiger charge is 2.10. The molecule has 3 aromatic rings. The fourth-order valence-electron chi connectivity index (χ4n) is 2.01. The summed E-state index contributed by atoms with van der Waals surface area (Å²) in [5, 5.41) is 2.07. The van der Waals surface area contributed by atoms with Gasteiger partial charge in [-0.25, -0.2) is 4.98 Å². The van der Waals surface area contributed by atoms with Gasteiger partial charge in [0.25, 0.3) is 0 Å². The molecule has 4 heteroatoms. The van der Waals surface area contributed by atoms with Crippen molar-refractivity contribution in [3.8, 4) is 10.6 Å². The minimum Gasteiger partial charge on any atom is -0.304 e. The summed E-state index contributed by atoms with van der Waals surface area (Å²) in [5.74, 6) is 0. The fraction of sp³-hybridized carbons (Fsp3) is 0.154. The summed E-state index contributed by atoms with van der Waals surface area (Å²) in [6.07, 6.45) is 2.10. The van der Waals surface area contributed by atoms with Crippen molar-refractivity contribution in [3.05, 3.63) is 45.5 Å². The van der Waals surface area contributed by atoms with Gasteiger partial charge < -0.3 is 4.40 Å². The highest BCUT2D eigenvalue weighted by molar-refractivity contribution is 9.10. The van der Waals surface area contributed by atoms with Crippen LogP contribution in [-0.4, -0.2) is 9.38 Å². The van der Waals surface area contributed by atoms with E-state index in [9.17, 15) is 0 Å². The highest BCUT2D eigenvalue weighted by Crippen LogP contribution is 2.33. The number of thiophene rings is 1. The number of imidazole rings is 1. The Labute approximate surface area is 112 Å². The third-order valence-corrected chi connectivity index (χ3v) is 4.62. The maximum Gasteiger partial charge on any atom is 0.137 e. The Bertz CT molecular complexity index is 697. The van der Waals surface area contributed by atoms with Crippen molar-refractivity contribution in [2.45, 2.75) is 13.8 Å². The van der Waals surface area contributed by atoms with Crippen molar-refractivity contribution in [1.82, 2.24) is 9.38 Å². The van der Waals surface area contributed by atoms with Crippen molar-refractivity contribution in [2.75, 3.05) is 0 Å². The summed E-state index contributed by atoms with van der Waals surface area (Å²) in [7, 11) is 0. The van der Waals surface area contributed by atoms with Crippen LogP contribution in [0.3, 0.4) is 0 Å². The number of hydrogen-bond donors (Lipinski definition) is 0. The standard InChI is InChI=1S/C13H11BrN2S/c1-8-5-9(2)16-7-11(15-12(16)6-8)13-10(14)3-4-17-13/h3-7H,1-2H3. The van der Waals surface area contributed by atoms with Crippen molar-refractivity contribution in [3.63, 3.8) is 0 Å². The van der Waals surface area contributed by atoms with Gasteiger partial charge >= 0.3 is 0 Å². The number of aromatic nitrogens is 2. The quantitative estimate of drug-likeness (QED) is 0.649. The molecule has 0 radical (unpaired) electrons. The van der Waals surface area contributed by atoms with Crippen LogP contribution in [0, 0.1) is 13.8 Å². The molecule has 0 amide bonds. The molecule has 3 heterocycles. The number of pyridine rings is 1. The predicted molar refractivity (Wildman–Crippen MR) is 75.7 cm³/mol. The van der Waals surface area contributed by atoms with Gasteiger partial charge in [-0.3, -0.25) is 0 Å². The number of fused-ring (bicyclic) bond motifs is 1. The fourth-order valence-corrected chi connectivity index (χ4v) is 3.54. The first-order chi connectivity index (χ1) is 8.15. The van der Waals surface area contributed by atoms with Gasteiger partial charge in [-0.1, -0.05) is 0 Å². The Morgan fingerprint density at radius 1 is 1.29 bits per heavy atom. The lowest BCUT2D eigenvalue weighted by Crippen LogP contribution is -1.89. The zero-order chi connectivity index (χ0) is 12.0. The smallest absolute Gasteiger partial charge is 0.137 e. The van der Waals surface area contributed by atoms with Gasteiger partial charge in [-0.05, 0) is 58.9 Å². The van der Waals surface area contributed by atoms with Crippen LogP contribution in [0.1, 0.15) is 11.3 Å². The molecule has 0 aromatic carbocycles. The van der Waals surface area contributed by atoms with Crippen LogP contribution in [0.15, 0.2) is 34.2 Å². The molecule has 3 aromatic heterocycles. The van der Waals surface area contributed by atoms with E-state index in [0.717, 1.165) is 15.8 Å². The molecule has 0 saturated carbocycles. The third-order valence-electron chi connectivity index (χ3n) is 2.76. The Hall–Kier alpha value is -1.13. The lowest BCUT2D eigenvalue weighted by atomic mass is 10.2. The van der Waals surface area contributed by atoms with Crippen LogP contribution >= 0.6 is 27.3 Å². The van der Waals surface area contributed by atoms with Gasteiger partial charge in [0.05, 0.1) is 4.88 Å². The molecule has 0 aliphatic rings. The van der Waals surface area contributed by atoms with E-state index in [1.54, 1.807) is 11.3 Å². The van der Waals surface area contributed by atoms with E-state index in [4.69, 9.17) is 0 Å². The van der Waals surface area contributed by atoms with Gasteiger partial charge in [-0.2, -0.15) is 0 Å². The monoisotopic (exact) mass is 306 g/mol. The predicted octanol–water partition coefficient (Wildman–Crippen LogP) is 4.44. The Balaban J connectivity index is 2.27. The lowest BCUT2D eigenvalue weighted by molar-refractivity contribution is 1.08. The molecule has 0 N–H and O–H groups in total. The molecule has 2 nitrogen and oxygen atoms in total. The molecule has 0 saturated heterocycles. The molecule has 3 rings (SSSR count). The van der Waals surface area contributed by atoms with E-state index in [2.05, 4.69) is 68.9 Å². The van der Waals surface area contributed by atoms with E-state index in [1.807, 2.05) is 0 Å². The summed E-state index contributed by atoms with van der Waals surface area (Å²) >= 11 is 5.26. The molecular weight excluding hydrogens is 296 g/mol. The minimum atomic E-state index is 1.01. The number of nitrogens with zero attached hydrogens (tertiary/aromatic N) is 2. The van der Waals surface area contributed by atoms with Crippen molar-refractivity contribution < 1.29 is 0 Å². The molecule has 86 valence electrons. The van der Waals surface area contributed by atoms with Gasteiger partial charge in [-0.15, -0.1) is 11.3 Å². The number of hydrogen-bond acceptors (Lipinski definition) is 2. The molecule has 0 spiro atoms. The van der Waals surface area contributed by atoms with E-state index in [1.165, 1.54) is 16.1 Å². The molecule has 17 heavy (non-hydrogen) atoms. The first kappa shape index (κ1) is 11.0. The first-order valence-electron chi connectivity index (χ1n) is 5.35. The Morgan fingerprint density at radius 2 is 2.12 bits per heavy atom. The second kappa shape index (κ2) is 3.96. The number of aryl methyl sites for hydroxylation is 2. The molecule has 0 fully saturated rings. The molecule has 0 atom stereocenters. The average molecular weight is 307 g/mol. The molecule has 0 unspecified atom stereocenters. The SMILES string of the molecule is Cc1cc(C)n2cc(-c3sccc3Br)nc2c1. The largest absolute Gasteiger partial charge is 0.304 e. The summed E-state index contributed by atoms with van der Waals surface area (Å²) in [6.45, 7) is 4.21. The summed E-state index contributed by atoms with van der Waals surface area (Å²) < 4.78 is 3.24. The summed E-state index contributed by atoms with van der Waals surface area (Å²) in [6, 6.07) is 6.34. The van der Waals surface area contributed by atoms with Crippen molar-refractivity contribution in [2.24, 2.45) is 0 Å². The Kier molecular flexibility index (Phi) is 2.56. The van der Waals surface area contributed by atoms with E-state index in [-0.39, 0.29) is 0 Å². The molecule has 0 bridgehead atoms. The third kappa shape index (κ3) is 1.81. The first-order valence-corrected chi connectivity index (χ1v) is 7.02. The zero-order valence-corrected chi connectivity index (χ0v) is 12.0. The molecule has 0 aliphatic carbocycles. The van der Waals surface area contributed by atoms with E-state index >= 15 is 0 Å². The number of rotatable bonds is 1. The van der Waals surface area contributed by atoms with Crippen LogP contribution in [0.2, 0.25) is 0 Å². The van der Waals surface area contributed by atoms with Crippen molar-refractivity contribution in [1.29, 1.82) is 0 Å². The average Bonchev–Trinajstić information content (AvgIpc) is 2.83. The summed E-state index contributed by atoms with van der Waals surface area (Å²) in [5.41, 5.74) is 4.50. The van der Waals surface area contributed by atoms with Crippen LogP contribution in [0.4, 0.5) is 0 Å². The number of halogens is 1. The maximum atomic E-state index is 4.68. The molecule has 0 aliphatic heterocycles. The van der Waals surface area contributed by atoms with Gasteiger partial charge in [0.1, 0.15) is 11.3 Å². The van der Waals surface area contributed by atoms with Crippen LogP contribution < -0.4 is 0 Å². The highest BCUT2D eigenvalue weighted by atomic mass is 79.9. The van der Waals surface area contributed by atoms with Crippen LogP contribution in [0.5, 0.6) is 0 Å². The van der Waals surface area contributed by atoms with Crippen LogP contribution in [-0.2, 0) is 0 Å². The van der Waals surface area contributed by atoms with E-state index < -0.39 is 0 Å². The lowest BCUT2D eigenvalue weighted by Gasteiger charge is -1.99. The van der Waals surface area contributed by atoms with Crippen molar-refractivity contribution >= 4 is 32.9 Å². The Morgan fingerprint density at radius 3 is 2.82 bits per heavy atom. The molecular formula is C13H11BrN2S. The zero-order valence-electron chi connectivity index (χ0n) is 9.57. The summed E-state index contributed by atoms with van der Waals surface area (Å²) in [4.78, 5) is 5.87. The van der Waals surface area contributed by atoms with Gasteiger partial charge in [0.2, 0.25) is 0 Å². The van der Waals surface area contributed by atoms with E-state index in [0.29, 0.717) is 0 Å². The second-order valence-corrected chi connectivity index (χ2v) is 5.90. The van der Waals surface area contributed by atoms with Crippen LogP contribution in [0.25, 0.3) is 16.2 Å². The normalized spacial score (nSPS) is 11.2. The maximum absolute atomic E-state index is 4.68. The second-order valence-electron chi connectivity index (χ2n) is 4.13. The van der Waals surface area contributed by atoms with Gasteiger partial charge in [0.15, 0.2) is 0 Å². The van der Waals surface area contributed by atoms with Gasteiger partial charge in [0, 0.05) is 16.4 Å². The topological polar surface area (TPSA) is 17.3 Å².